The van der Waals surface area contributed by atoms with Crippen LogP contribution in [0.25, 0.3) is 0 Å². The molecule has 1 aromatic rings. The van der Waals surface area contributed by atoms with Gasteiger partial charge in [-0.15, -0.1) is 0 Å². The molecule has 2 rings (SSSR count). The summed E-state index contributed by atoms with van der Waals surface area (Å²) in [5.41, 5.74) is 1.30. The average Bonchev–Trinajstić information content (AvgIpc) is 2.96. The summed E-state index contributed by atoms with van der Waals surface area (Å²) in [6.07, 6.45) is 5.36. The molecule has 19 heavy (non-hydrogen) atoms. The summed E-state index contributed by atoms with van der Waals surface area (Å²) >= 11 is 0. The van der Waals surface area contributed by atoms with E-state index in [1.807, 2.05) is 12.1 Å². The first-order chi connectivity index (χ1) is 9.29. The largest absolute Gasteiger partial charge is 0.497 e. The topological polar surface area (TPSA) is 30.5 Å². The molecule has 1 heterocycles. The molecule has 0 spiro atoms. The van der Waals surface area contributed by atoms with Crippen LogP contribution >= 0.6 is 0 Å². The van der Waals surface area contributed by atoms with Gasteiger partial charge in [0.05, 0.1) is 13.2 Å². The molecule has 1 saturated heterocycles. The molecule has 2 atom stereocenters. The van der Waals surface area contributed by atoms with E-state index in [2.05, 4.69) is 24.4 Å². The van der Waals surface area contributed by atoms with E-state index in [9.17, 15) is 0 Å². The van der Waals surface area contributed by atoms with Gasteiger partial charge in [0.15, 0.2) is 0 Å². The van der Waals surface area contributed by atoms with Crippen molar-refractivity contribution in [2.24, 2.45) is 0 Å². The minimum absolute atomic E-state index is 0.385. The van der Waals surface area contributed by atoms with Crippen LogP contribution in [-0.2, 0) is 4.74 Å². The van der Waals surface area contributed by atoms with Crippen LogP contribution in [0.3, 0.4) is 0 Å². The third kappa shape index (κ3) is 4.51. The van der Waals surface area contributed by atoms with Crippen LogP contribution in [0, 0.1) is 0 Å². The maximum absolute atomic E-state index is 5.63. The van der Waals surface area contributed by atoms with Gasteiger partial charge in [0, 0.05) is 12.6 Å². The van der Waals surface area contributed by atoms with Crippen LogP contribution in [-0.4, -0.2) is 26.4 Å². The minimum Gasteiger partial charge on any atom is -0.497 e. The highest BCUT2D eigenvalue weighted by atomic mass is 16.5. The van der Waals surface area contributed by atoms with Gasteiger partial charge < -0.3 is 14.8 Å². The van der Waals surface area contributed by atoms with Crippen molar-refractivity contribution in [1.29, 1.82) is 0 Å². The first-order valence-electron chi connectivity index (χ1n) is 7.28. The molecule has 0 amide bonds. The van der Waals surface area contributed by atoms with Gasteiger partial charge in [-0.25, -0.2) is 0 Å². The van der Waals surface area contributed by atoms with Crippen LogP contribution in [0.4, 0.5) is 0 Å². The average molecular weight is 263 g/mol. The zero-order chi connectivity index (χ0) is 13.5. The van der Waals surface area contributed by atoms with E-state index in [0.717, 1.165) is 18.9 Å². The molecule has 1 aliphatic heterocycles. The van der Waals surface area contributed by atoms with Gasteiger partial charge in [-0.2, -0.15) is 0 Å². The van der Waals surface area contributed by atoms with Crippen molar-refractivity contribution in [3.63, 3.8) is 0 Å². The van der Waals surface area contributed by atoms with E-state index in [1.165, 1.54) is 31.2 Å². The predicted molar refractivity (Wildman–Crippen MR) is 77.6 cm³/mol. The number of benzene rings is 1. The number of rotatable bonds is 7. The van der Waals surface area contributed by atoms with Crippen LogP contribution in [0.1, 0.15) is 44.2 Å². The Morgan fingerprint density at radius 2 is 2.16 bits per heavy atom. The third-order valence-electron chi connectivity index (χ3n) is 3.79. The van der Waals surface area contributed by atoms with Crippen molar-refractivity contribution >= 4 is 0 Å². The van der Waals surface area contributed by atoms with Gasteiger partial charge in [-0.3, -0.25) is 0 Å². The van der Waals surface area contributed by atoms with Gasteiger partial charge in [0.1, 0.15) is 5.75 Å². The van der Waals surface area contributed by atoms with Crippen molar-refractivity contribution in [3.05, 3.63) is 29.8 Å². The van der Waals surface area contributed by atoms with E-state index in [4.69, 9.17) is 9.47 Å². The lowest BCUT2D eigenvalue weighted by atomic mass is 10.1. The van der Waals surface area contributed by atoms with Crippen LogP contribution in [0.2, 0.25) is 0 Å². The quantitative estimate of drug-likeness (QED) is 0.766. The molecule has 0 aliphatic carbocycles. The van der Waals surface area contributed by atoms with Crippen molar-refractivity contribution in [2.45, 2.75) is 44.8 Å². The molecule has 3 nitrogen and oxygen atoms in total. The van der Waals surface area contributed by atoms with E-state index in [1.54, 1.807) is 7.11 Å². The molecule has 0 radical (unpaired) electrons. The number of hydrogen-bond acceptors (Lipinski definition) is 3. The molecule has 3 heteroatoms. The zero-order valence-corrected chi connectivity index (χ0v) is 12.0. The highest BCUT2D eigenvalue weighted by molar-refractivity contribution is 5.28. The van der Waals surface area contributed by atoms with Crippen molar-refractivity contribution < 1.29 is 9.47 Å². The first-order valence-corrected chi connectivity index (χ1v) is 7.28. The standard InChI is InChI=1S/C16H25NO2/c1-13(14-7-9-15(18-2)10-8-14)17-11-3-5-16-6-4-12-19-16/h7-10,13,16-17H,3-6,11-12H2,1-2H3/t13-,16?/m1/s1. The summed E-state index contributed by atoms with van der Waals surface area (Å²) in [7, 11) is 1.70. The second-order valence-corrected chi connectivity index (χ2v) is 5.23. The van der Waals surface area contributed by atoms with Gasteiger partial charge >= 0.3 is 0 Å². The summed E-state index contributed by atoms with van der Waals surface area (Å²) in [6, 6.07) is 8.66. The summed E-state index contributed by atoms with van der Waals surface area (Å²) in [6.45, 7) is 4.21. The van der Waals surface area contributed by atoms with Gasteiger partial charge in [0.2, 0.25) is 0 Å². The summed E-state index contributed by atoms with van der Waals surface area (Å²) in [5, 5.41) is 3.56. The predicted octanol–water partition coefficient (Wildman–Crippen LogP) is 3.31. The lowest BCUT2D eigenvalue weighted by molar-refractivity contribution is 0.102. The lowest BCUT2D eigenvalue weighted by Gasteiger charge is -2.15. The highest BCUT2D eigenvalue weighted by Gasteiger charge is 2.14. The summed E-state index contributed by atoms with van der Waals surface area (Å²) < 4.78 is 10.8. The first kappa shape index (κ1) is 14.4. The molecule has 0 aromatic heterocycles. The molecule has 1 N–H and O–H groups in total. The fourth-order valence-corrected chi connectivity index (χ4v) is 2.53. The maximum Gasteiger partial charge on any atom is 0.118 e. The molecule has 1 unspecified atom stereocenters. The molecule has 0 bridgehead atoms. The smallest absolute Gasteiger partial charge is 0.118 e. The summed E-state index contributed by atoms with van der Waals surface area (Å²) in [4.78, 5) is 0. The Hall–Kier alpha value is -1.06. The van der Waals surface area contributed by atoms with Crippen LogP contribution < -0.4 is 10.1 Å². The molecule has 1 aliphatic rings. The van der Waals surface area contributed by atoms with E-state index >= 15 is 0 Å². The molecular formula is C16H25NO2. The Labute approximate surface area is 116 Å². The number of ether oxygens (including phenoxy) is 2. The second-order valence-electron chi connectivity index (χ2n) is 5.23. The normalized spacial score (nSPS) is 20.4. The Morgan fingerprint density at radius 1 is 1.37 bits per heavy atom. The fraction of sp³-hybridized carbons (Fsp3) is 0.625. The van der Waals surface area contributed by atoms with Crippen LogP contribution in [0.5, 0.6) is 5.75 Å². The number of methoxy groups -OCH3 is 1. The Bertz CT molecular complexity index is 358. The van der Waals surface area contributed by atoms with E-state index in [0.29, 0.717) is 12.1 Å². The molecule has 106 valence electrons. The van der Waals surface area contributed by atoms with Crippen LogP contribution in [0.15, 0.2) is 24.3 Å². The highest BCUT2D eigenvalue weighted by Crippen LogP contribution is 2.18. The minimum atomic E-state index is 0.385. The third-order valence-corrected chi connectivity index (χ3v) is 3.79. The van der Waals surface area contributed by atoms with Crippen molar-refractivity contribution in [2.75, 3.05) is 20.3 Å². The van der Waals surface area contributed by atoms with E-state index < -0.39 is 0 Å². The number of nitrogens with one attached hydrogen (secondary N) is 1. The lowest BCUT2D eigenvalue weighted by Crippen LogP contribution is -2.21. The van der Waals surface area contributed by atoms with Gasteiger partial charge in [0.25, 0.3) is 0 Å². The molecule has 0 saturated carbocycles. The van der Waals surface area contributed by atoms with Gasteiger partial charge in [-0.05, 0) is 56.8 Å². The Balaban J connectivity index is 1.66. The van der Waals surface area contributed by atoms with E-state index in [-0.39, 0.29) is 0 Å². The van der Waals surface area contributed by atoms with Gasteiger partial charge in [-0.1, -0.05) is 12.1 Å². The second kappa shape index (κ2) is 7.51. The Morgan fingerprint density at radius 3 is 2.79 bits per heavy atom. The summed E-state index contributed by atoms with van der Waals surface area (Å²) in [5.74, 6) is 0.911. The fourth-order valence-electron chi connectivity index (χ4n) is 2.53. The maximum atomic E-state index is 5.63. The van der Waals surface area contributed by atoms with Crippen molar-refractivity contribution in [1.82, 2.24) is 5.32 Å². The van der Waals surface area contributed by atoms with Crippen molar-refractivity contribution in [3.8, 4) is 5.75 Å². The molecule has 1 fully saturated rings. The number of hydrogen-bond donors (Lipinski definition) is 1. The SMILES string of the molecule is COc1ccc([C@@H](C)NCCCC2CCCO2)cc1. The monoisotopic (exact) mass is 263 g/mol. The Kier molecular flexibility index (Phi) is 5.67. The zero-order valence-electron chi connectivity index (χ0n) is 12.0. The molecule has 1 aromatic carbocycles. The molecular weight excluding hydrogens is 238 g/mol.